The fraction of sp³-hybridized carbons (Fsp3) is 0.250. The van der Waals surface area contributed by atoms with Crippen molar-refractivity contribution in [3.63, 3.8) is 0 Å². The predicted molar refractivity (Wildman–Crippen MR) is 80.6 cm³/mol. The summed E-state index contributed by atoms with van der Waals surface area (Å²) < 4.78 is 0. The Balaban J connectivity index is 2.24. The van der Waals surface area contributed by atoms with Crippen LogP contribution in [0.2, 0.25) is 0 Å². The number of nitrogens with zero attached hydrogens (tertiary/aromatic N) is 1. The van der Waals surface area contributed by atoms with Crippen molar-refractivity contribution in [3.8, 4) is 0 Å². The van der Waals surface area contributed by atoms with Gasteiger partial charge in [-0.3, -0.25) is 9.78 Å². The molecule has 2 heterocycles. The molecule has 0 saturated carbocycles. The van der Waals surface area contributed by atoms with Crippen molar-refractivity contribution in [2.45, 2.75) is 26.8 Å². The number of hydrogen-bond acceptors (Lipinski definition) is 2. The number of aryl methyl sites for hydroxylation is 1. The second-order valence-corrected chi connectivity index (χ2v) is 5.22. The Morgan fingerprint density at radius 3 is 2.85 bits per heavy atom. The summed E-state index contributed by atoms with van der Waals surface area (Å²) in [6.07, 6.45) is 1.80. The number of nitrogens with one attached hydrogen (secondary N) is 2. The SMILES string of the molecule is CC(=O)NC(C)c1nccc2c1[nH]c1ccc(C)cc12. The van der Waals surface area contributed by atoms with E-state index >= 15 is 0 Å². The van der Waals surface area contributed by atoms with Gasteiger partial charge in [-0.1, -0.05) is 11.6 Å². The van der Waals surface area contributed by atoms with E-state index in [1.54, 1.807) is 6.20 Å². The van der Waals surface area contributed by atoms with Crippen LogP contribution in [0.4, 0.5) is 0 Å². The first-order chi connectivity index (χ1) is 9.56. The van der Waals surface area contributed by atoms with Gasteiger partial charge >= 0.3 is 0 Å². The molecule has 3 aromatic rings. The molecule has 1 atom stereocenters. The monoisotopic (exact) mass is 267 g/mol. The second-order valence-electron chi connectivity index (χ2n) is 5.22. The van der Waals surface area contributed by atoms with Gasteiger partial charge in [0.2, 0.25) is 5.91 Å². The highest BCUT2D eigenvalue weighted by Gasteiger charge is 2.15. The highest BCUT2D eigenvalue weighted by atomic mass is 16.1. The number of rotatable bonds is 2. The Kier molecular flexibility index (Phi) is 2.93. The van der Waals surface area contributed by atoms with Crippen LogP contribution in [-0.4, -0.2) is 15.9 Å². The first-order valence-electron chi connectivity index (χ1n) is 6.70. The van der Waals surface area contributed by atoms with Crippen LogP contribution in [0.3, 0.4) is 0 Å². The maximum absolute atomic E-state index is 11.2. The molecule has 0 aliphatic rings. The molecule has 2 N–H and O–H groups in total. The third-order valence-corrected chi connectivity index (χ3v) is 3.54. The molecule has 102 valence electrons. The molecule has 3 rings (SSSR count). The first-order valence-corrected chi connectivity index (χ1v) is 6.70. The molecule has 2 aromatic heterocycles. The van der Waals surface area contributed by atoms with Crippen LogP contribution in [0.25, 0.3) is 21.8 Å². The maximum Gasteiger partial charge on any atom is 0.217 e. The highest BCUT2D eigenvalue weighted by Crippen LogP contribution is 2.29. The molecule has 0 aliphatic carbocycles. The third-order valence-electron chi connectivity index (χ3n) is 3.54. The zero-order valence-electron chi connectivity index (χ0n) is 11.8. The molecule has 0 saturated heterocycles. The van der Waals surface area contributed by atoms with Crippen molar-refractivity contribution in [3.05, 3.63) is 41.7 Å². The summed E-state index contributed by atoms with van der Waals surface area (Å²) in [5.74, 6) is -0.0525. The van der Waals surface area contributed by atoms with Crippen LogP contribution < -0.4 is 5.32 Å². The molecule has 1 amide bonds. The van der Waals surface area contributed by atoms with Crippen LogP contribution in [0, 0.1) is 6.92 Å². The Labute approximate surface area is 117 Å². The van der Waals surface area contributed by atoms with Crippen molar-refractivity contribution in [1.82, 2.24) is 15.3 Å². The lowest BCUT2D eigenvalue weighted by Crippen LogP contribution is -2.24. The number of pyridine rings is 1. The molecule has 20 heavy (non-hydrogen) atoms. The fourth-order valence-electron chi connectivity index (χ4n) is 2.66. The van der Waals surface area contributed by atoms with E-state index in [4.69, 9.17) is 0 Å². The maximum atomic E-state index is 11.2. The van der Waals surface area contributed by atoms with Gasteiger partial charge in [-0.25, -0.2) is 0 Å². The number of fused-ring (bicyclic) bond motifs is 3. The van der Waals surface area contributed by atoms with Crippen molar-refractivity contribution >= 4 is 27.7 Å². The van der Waals surface area contributed by atoms with Crippen molar-refractivity contribution < 1.29 is 4.79 Å². The number of amides is 1. The van der Waals surface area contributed by atoms with Crippen LogP contribution in [0.1, 0.15) is 31.1 Å². The third kappa shape index (κ3) is 2.03. The molecular weight excluding hydrogens is 250 g/mol. The average molecular weight is 267 g/mol. The number of carbonyl (C=O) groups is 1. The summed E-state index contributed by atoms with van der Waals surface area (Å²) in [6, 6.07) is 8.23. The molecule has 4 heteroatoms. The smallest absolute Gasteiger partial charge is 0.217 e. The van der Waals surface area contributed by atoms with Gasteiger partial charge < -0.3 is 10.3 Å². The molecule has 0 aliphatic heterocycles. The number of H-pyrrole nitrogens is 1. The number of aromatic nitrogens is 2. The summed E-state index contributed by atoms with van der Waals surface area (Å²) in [5, 5.41) is 5.22. The van der Waals surface area contributed by atoms with Gasteiger partial charge in [-0.15, -0.1) is 0 Å². The molecule has 0 spiro atoms. The van der Waals surface area contributed by atoms with Crippen LogP contribution in [0.5, 0.6) is 0 Å². The van der Waals surface area contributed by atoms with E-state index in [9.17, 15) is 4.79 Å². The quantitative estimate of drug-likeness (QED) is 0.749. The van der Waals surface area contributed by atoms with Gasteiger partial charge in [0.05, 0.1) is 17.3 Å². The number of hydrogen-bond donors (Lipinski definition) is 2. The number of carbonyl (C=O) groups excluding carboxylic acids is 1. The zero-order valence-corrected chi connectivity index (χ0v) is 11.8. The van der Waals surface area contributed by atoms with E-state index in [0.29, 0.717) is 0 Å². The molecule has 4 nitrogen and oxygen atoms in total. The van der Waals surface area contributed by atoms with Gasteiger partial charge in [0, 0.05) is 29.4 Å². The number of aromatic amines is 1. The Hall–Kier alpha value is -2.36. The minimum absolute atomic E-state index is 0.0525. The van der Waals surface area contributed by atoms with Crippen molar-refractivity contribution in [2.75, 3.05) is 0 Å². The van der Waals surface area contributed by atoms with Crippen LogP contribution >= 0.6 is 0 Å². The van der Waals surface area contributed by atoms with Crippen LogP contribution in [0.15, 0.2) is 30.5 Å². The Morgan fingerprint density at radius 1 is 1.30 bits per heavy atom. The summed E-state index contributed by atoms with van der Waals surface area (Å²) in [6.45, 7) is 5.55. The van der Waals surface area contributed by atoms with Crippen molar-refractivity contribution in [2.24, 2.45) is 0 Å². The van der Waals surface area contributed by atoms with E-state index in [0.717, 1.165) is 22.1 Å². The van der Waals surface area contributed by atoms with E-state index in [-0.39, 0.29) is 11.9 Å². The summed E-state index contributed by atoms with van der Waals surface area (Å²) >= 11 is 0. The van der Waals surface area contributed by atoms with Gasteiger partial charge in [-0.05, 0) is 32.0 Å². The minimum atomic E-state index is -0.120. The van der Waals surface area contributed by atoms with E-state index in [2.05, 4.69) is 40.4 Å². The molecule has 0 bridgehead atoms. The van der Waals surface area contributed by atoms with E-state index in [1.807, 2.05) is 13.0 Å². The Bertz CT molecular complexity index is 804. The van der Waals surface area contributed by atoms with Gasteiger partial charge in [-0.2, -0.15) is 0 Å². The summed E-state index contributed by atoms with van der Waals surface area (Å²) in [5.41, 5.74) is 4.18. The Morgan fingerprint density at radius 2 is 2.10 bits per heavy atom. The fourth-order valence-corrected chi connectivity index (χ4v) is 2.66. The normalized spacial score (nSPS) is 12.8. The molecule has 1 unspecified atom stereocenters. The summed E-state index contributed by atoms with van der Waals surface area (Å²) in [4.78, 5) is 19.1. The largest absolute Gasteiger partial charge is 0.353 e. The average Bonchev–Trinajstić information content (AvgIpc) is 2.75. The number of benzene rings is 1. The highest BCUT2D eigenvalue weighted by molar-refractivity contribution is 6.08. The molecule has 0 fully saturated rings. The molecule has 0 radical (unpaired) electrons. The molecule has 1 aromatic carbocycles. The second kappa shape index (κ2) is 4.63. The molecular formula is C16H17N3O. The zero-order chi connectivity index (χ0) is 14.3. The standard InChI is InChI=1S/C16H17N3O/c1-9-4-5-14-13(8-9)12-6-7-17-15(16(12)19-14)10(2)18-11(3)20/h4-8,10,19H,1-3H3,(H,18,20). The van der Waals surface area contributed by atoms with E-state index < -0.39 is 0 Å². The van der Waals surface area contributed by atoms with Gasteiger partial charge in [0.25, 0.3) is 0 Å². The summed E-state index contributed by atoms with van der Waals surface area (Å²) in [7, 11) is 0. The lowest BCUT2D eigenvalue weighted by molar-refractivity contribution is -0.119. The first kappa shape index (κ1) is 12.7. The van der Waals surface area contributed by atoms with E-state index in [1.165, 1.54) is 17.9 Å². The predicted octanol–water partition coefficient (Wildman–Crippen LogP) is 3.22. The van der Waals surface area contributed by atoms with Crippen LogP contribution in [-0.2, 0) is 4.79 Å². The van der Waals surface area contributed by atoms with Crippen molar-refractivity contribution in [1.29, 1.82) is 0 Å². The van der Waals surface area contributed by atoms with Gasteiger partial charge in [0.15, 0.2) is 0 Å². The topological polar surface area (TPSA) is 57.8 Å². The lowest BCUT2D eigenvalue weighted by atomic mass is 10.1. The minimum Gasteiger partial charge on any atom is -0.353 e. The van der Waals surface area contributed by atoms with Gasteiger partial charge in [0.1, 0.15) is 0 Å². The lowest BCUT2D eigenvalue weighted by Gasteiger charge is -2.12.